The molecule has 1 aromatic heterocycles. The molecule has 78 valence electrons. The number of nitrogens with zero attached hydrogens (tertiary/aromatic N) is 2. The van der Waals surface area contributed by atoms with Crippen molar-refractivity contribution in [1.29, 1.82) is 0 Å². The summed E-state index contributed by atoms with van der Waals surface area (Å²) in [5, 5.41) is 9.34. The lowest BCUT2D eigenvalue weighted by Gasteiger charge is -2.07. The van der Waals surface area contributed by atoms with Crippen LogP contribution in [-0.4, -0.2) is 10.2 Å². The Labute approximate surface area is 100 Å². The van der Waals surface area contributed by atoms with Gasteiger partial charge in [-0.05, 0) is 17.7 Å². The van der Waals surface area contributed by atoms with Crippen molar-refractivity contribution in [3.05, 3.63) is 39.3 Å². The van der Waals surface area contributed by atoms with Crippen LogP contribution < -0.4 is 5.73 Å². The molecule has 2 aromatic rings. The lowest BCUT2D eigenvalue weighted by molar-refractivity contribution is 0.869. The molecule has 1 heterocycles. The minimum absolute atomic E-state index is 0.243. The number of benzene rings is 1. The van der Waals surface area contributed by atoms with Crippen LogP contribution in [0.2, 0.25) is 0 Å². The molecular weight excluding hydrogens is 274 g/mol. The Balaban J connectivity index is 2.28. The zero-order valence-electron chi connectivity index (χ0n) is 8.14. The van der Waals surface area contributed by atoms with Crippen molar-refractivity contribution in [2.75, 3.05) is 5.73 Å². The predicted octanol–water partition coefficient (Wildman–Crippen LogP) is 3.03. The van der Waals surface area contributed by atoms with Crippen molar-refractivity contribution in [1.82, 2.24) is 10.2 Å². The molecule has 0 radical (unpaired) electrons. The fourth-order valence-electron chi connectivity index (χ4n) is 1.32. The highest BCUT2D eigenvalue weighted by Crippen LogP contribution is 2.28. The maximum atomic E-state index is 5.56. The molecule has 5 heteroatoms. The minimum Gasteiger partial charge on any atom is -0.374 e. The van der Waals surface area contributed by atoms with Crippen LogP contribution in [-0.2, 0) is 0 Å². The maximum absolute atomic E-state index is 5.56. The second kappa shape index (κ2) is 4.28. The standard InChI is InChI=1S/C10H10BrN3S/c1-6(9-13-14-10(12)15-9)7-2-4-8(11)5-3-7/h2-6H,1H3,(H2,12,14). The van der Waals surface area contributed by atoms with Crippen LogP contribution >= 0.6 is 27.3 Å². The molecule has 15 heavy (non-hydrogen) atoms. The van der Waals surface area contributed by atoms with Crippen LogP contribution in [0.3, 0.4) is 0 Å². The monoisotopic (exact) mass is 283 g/mol. The molecule has 2 rings (SSSR count). The summed E-state index contributed by atoms with van der Waals surface area (Å²) in [6, 6.07) is 8.20. The van der Waals surface area contributed by atoms with E-state index in [4.69, 9.17) is 5.73 Å². The van der Waals surface area contributed by atoms with Crippen molar-refractivity contribution in [2.45, 2.75) is 12.8 Å². The zero-order valence-corrected chi connectivity index (χ0v) is 10.5. The molecule has 0 fully saturated rings. The third kappa shape index (κ3) is 2.35. The first-order valence-electron chi connectivity index (χ1n) is 4.51. The summed E-state index contributed by atoms with van der Waals surface area (Å²) in [7, 11) is 0. The van der Waals surface area contributed by atoms with Crippen LogP contribution in [0.1, 0.15) is 23.4 Å². The minimum atomic E-state index is 0.243. The Morgan fingerprint density at radius 2 is 1.93 bits per heavy atom. The number of nitrogen functional groups attached to an aromatic ring is 1. The average Bonchev–Trinajstić information content (AvgIpc) is 2.65. The van der Waals surface area contributed by atoms with Gasteiger partial charge in [0.2, 0.25) is 5.13 Å². The summed E-state index contributed by atoms with van der Waals surface area (Å²) in [5.74, 6) is 0.243. The van der Waals surface area contributed by atoms with E-state index in [9.17, 15) is 0 Å². The van der Waals surface area contributed by atoms with E-state index in [2.05, 4.69) is 45.2 Å². The molecule has 0 bridgehead atoms. The first-order valence-corrected chi connectivity index (χ1v) is 6.12. The van der Waals surface area contributed by atoms with Crippen molar-refractivity contribution in [2.24, 2.45) is 0 Å². The van der Waals surface area contributed by atoms with Crippen LogP contribution in [0, 0.1) is 0 Å². The number of hydrogen-bond acceptors (Lipinski definition) is 4. The third-order valence-corrected chi connectivity index (χ3v) is 3.66. The van der Waals surface area contributed by atoms with Gasteiger partial charge in [0.25, 0.3) is 0 Å². The number of aromatic nitrogens is 2. The van der Waals surface area contributed by atoms with Gasteiger partial charge in [-0.1, -0.05) is 46.3 Å². The summed E-state index contributed by atoms with van der Waals surface area (Å²) < 4.78 is 1.08. The zero-order chi connectivity index (χ0) is 10.8. The van der Waals surface area contributed by atoms with Gasteiger partial charge in [-0.25, -0.2) is 0 Å². The third-order valence-electron chi connectivity index (χ3n) is 2.20. The van der Waals surface area contributed by atoms with E-state index >= 15 is 0 Å². The molecule has 1 unspecified atom stereocenters. The van der Waals surface area contributed by atoms with Gasteiger partial charge < -0.3 is 5.73 Å². The molecule has 1 atom stereocenters. The summed E-state index contributed by atoms with van der Waals surface area (Å²) in [6.07, 6.45) is 0. The predicted molar refractivity (Wildman–Crippen MR) is 66.0 cm³/mol. The summed E-state index contributed by atoms with van der Waals surface area (Å²) >= 11 is 4.85. The normalized spacial score (nSPS) is 12.7. The van der Waals surface area contributed by atoms with Gasteiger partial charge in [0, 0.05) is 10.4 Å². The Morgan fingerprint density at radius 1 is 1.27 bits per heavy atom. The second-order valence-corrected chi connectivity index (χ2v) is 5.21. The molecule has 3 nitrogen and oxygen atoms in total. The molecule has 0 saturated carbocycles. The van der Waals surface area contributed by atoms with Crippen LogP contribution in [0.5, 0.6) is 0 Å². The molecule has 2 N–H and O–H groups in total. The second-order valence-electron chi connectivity index (χ2n) is 3.25. The van der Waals surface area contributed by atoms with Gasteiger partial charge >= 0.3 is 0 Å². The quantitative estimate of drug-likeness (QED) is 0.922. The molecule has 0 aliphatic rings. The van der Waals surface area contributed by atoms with Crippen molar-refractivity contribution in [3.8, 4) is 0 Å². The maximum Gasteiger partial charge on any atom is 0.203 e. The first kappa shape index (κ1) is 10.6. The number of nitrogens with two attached hydrogens (primary N) is 1. The fourth-order valence-corrected chi connectivity index (χ4v) is 2.27. The van der Waals surface area contributed by atoms with Crippen molar-refractivity contribution >= 4 is 32.4 Å². The number of rotatable bonds is 2. The Hall–Kier alpha value is -0.940. The van der Waals surface area contributed by atoms with Gasteiger partial charge in [0.1, 0.15) is 5.01 Å². The smallest absolute Gasteiger partial charge is 0.203 e. The van der Waals surface area contributed by atoms with E-state index in [1.165, 1.54) is 16.9 Å². The van der Waals surface area contributed by atoms with E-state index in [1.807, 2.05) is 12.1 Å². The van der Waals surface area contributed by atoms with Crippen LogP contribution in [0.25, 0.3) is 0 Å². The van der Waals surface area contributed by atoms with Gasteiger partial charge in [-0.2, -0.15) is 0 Å². The SMILES string of the molecule is CC(c1ccc(Br)cc1)c1nnc(N)s1. The topological polar surface area (TPSA) is 51.8 Å². The van der Waals surface area contributed by atoms with E-state index in [-0.39, 0.29) is 5.92 Å². The van der Waals surface area contributed by atoms with Gasteiger partial charge in [-0.15, -0.1) is 10.2 Å². The number of anilines is 1. The largest absolute Gasteiger partial charge is 0.374 e. The molecule has 0 amide bonds. The molecule has 0 saturated heterocycles. The Bertz CT molecular complexity index is 452. The Morgan fingerprint density at radius 3 is 2.47 bits per heavy atom. The van der Waals surface area contributed by atoms with Gasteiger partial charge in [-0.3, -0.25) is 0 Å². The Kier molecular flexibility index (Phi) is 3.02. The van der Waals surface area contributed by atoms with Gasteiger partial charge in [0.05, 0.1) is 0 Å². The highest BCUT2D eigenvalue weighted by atomic mass is 79.9. The van der Waals surface area contributed by atoms with Crippen LogP contribution in [0.4, 0.5) is 5.13 Å². The summed E-state index contributed by atoms with van der Waals surface area (Å²) in [6.45, 7) is 2.10. The van der Waals surface area contributed by atoms with E-state index in [1.54, 1.807) is 0 Å². The van der Waals surface area contributed by atoms with E-state index < -0.39 is 0 Å². The van der Waals surface area contributed by atoms with Crippen LogP contribution in [0.15, 0.2) is 28.7 Å². The molecule has 0 aliphatic heterocycles. The summed E-state index contributed by atoms with van der Waals surface area (Å²) in [5.41, 5.74) is 6.77. The molecule has 0 aliphatic carbocycles. The van der Waals surface area contributed by atoms with Gasteiger partial charge in [0.15, 0.2) is 0 Å². The van der Waals surface area contributed by atoms with Crippen molar-refractivity contribution in [3.63, 3.8) is 0 Å². The van der Waals surface area contributed by atoms with E-state index in [0.29, 0.717) is 5.13 Å². The first-order chi connectivity index (χ1) is 7.16. The highest BCUT2D eigenvalue weighted by Gasteiger charge is 2.12. The van der Waals surface area contributed by atoms with Crippen molar-refractivity contribution < 1.29 is 0 Å². The average molecular weight is 284 g/mol. The molecular formula is C10H10BrN3S. The molecule has 0 spiro atoms. The van der Waals surface area contributed by atoms with E-state index in [0.717, 1.165) is 9.48 Å². The highest BCUT2D eigenvalue weighted by molar-refractivity contribution is 9.10. The number of halogens is 1. The number of hydrogen-bond donors (Lipinski definition) is 1. The lowest BCUT2D eigenvalue weighted by atomic mass is 10.0. The molecule has 1 aromatic carbocycles. The summed E-state index contributed by atoms with van der Waals surface area (Å²) in [4.78, 5) is 0. The fraction of sp³-hybridized carbons (Fsp3) is 0.200. The lowest BCUT2D eigenvalue weighted by Crippen LogP contribution is -1.94.